The molecule has 2 nitrogen and oxygen atoms in total. The van der Waals surface area contributed by atoms with E-state index in [1.807, 2.05) is 0 Å². The molecule has 1 saturated carbocycles. The van der Waals surface area contributed by atoms with Crippen molar-refractivity contribution in [2.45, 2.75) is 65.4 Å². The third-order valence-electron chi connectivity index (χ3n) is 4.38. The average Bonchev–Trinajstić information content (AvgIpc) is 2.68. The number of aliphatic hydroxyl groups excluding tert-OH is 2. The van der Waals surface area contributed by atoms with Gasteiger partial charge < -0.3 is 10.2 Å². The van der Waals surface area contributed by atoms with Gasteiger partial charge in [-0.15, -0.1) is 0 Å². The van der Waals surface area contributed by atoms with E-state index in [0.29, 0.717) is 30.3 Å². The van der Waals surface area contributed by atoms with Gasteiger partial charge in [-0.3, -0.25) is 0 Å². The van der Waals surface area contributed by atoms with Crippen molar-refractivity contribution in [3.05, 3.63) is 0 Å². The Labute approximate surface area is 106 Å². The highest BCUT2D eigenvalue weighted by Crippen LogP contribution is 2.40. The average molecular weight is 242 g/mol. The summed E-state index contributed by atoms with van der Waals surface area (Å²) < 4.78 is 0. The molecule has 0 spiro atoms. The summed E-state index contributed by atoms with van der Waals surface area (Å²) in [5.41, 5.74) is 0. The van der Waals surface area contributed by atoms with E-state index in [4.69, 9.17) is 0 Å². The van der Waals surface area contributed by atoms with Crippen molar-refractivity contribution in [2.24, 2.45) is 23.7 Å². The van der Waals surface area contributed by atoms with Crippen molar-refractivity contribution in [1.82, 2.24) is 0 Å². The maximum atomic E-state index is 10.0. The Morgan fingerprint density at radius 2 is 1.76 bits per heavy atom. The Morgan fingerprint density at radius 3 is 2.24 bits per heavy atom. The lowest BCUT2D eigenvalue weighted by Crippen LogP contribution is -2.13. The molecule has 1 aliphatic carbocycles. The van der Waals surface area contributed by atoms with Crippen LogP contribution in [0.2, 0.25) is 0 Å². The molecule has 1 rings (SSSR count). The van der Waals surface area contributed by atoms with Crippen molar-refractivity contribution >= 4 is 0 Å². The smallest absolute Gasteiger partial charge is 0.0543 e. The summed E-state index contributed by atoms with van der Waals surface area (Å²) in [5, 5.41) is 19.3. The molecule has 0 amide bonds. The summed E-state index contributed by atoms with van der Waals surface area (Å²) in [6.07, 6.45) is 6.37. The summed E-state index contributed by atoms with van der Waals surface area (Å²) >= 11 is 0. The molecule has 0 aliphatic heterocycles. The molecule has 102 valence electrons. The van der Waals surface area contributed by atoms with Gasteiger partial charge in [0.2, 0.25) is 0 Å². The quantitative estimate of drug-likeness (QED) is 0.719. The standard InChI is InChI=1S/C15H30O2/c1-4-13-7-12(8-14(13)10-16)9-15(17)6-5-11(2)3/h11-17H,4-10H2,1-3H3/t12?,13-,14?,15?/m0/s1. The van der Waals surface area contributed by atoms with Crippen LogP contribution in [0.5, 0.6) is 0 Å². The van der Waals surface area contributed by atoms with Crippen LogP contribution >= 0.6 is 0 Å². The third kappa shape index (κ3) is 4.97. The molecule has 0 aromatic carbocycles. The Morgan fingerprint density at radius 1 is 1.12 bits per heavy atom. The van der Waals surface area contributed by atoms with Gasteiger partial charge in [-0.25, -0.2) is 0 Å². The molecule has 2 N–H and O–H groups in total. The monoisotopic (exact) mass is 242 g/mol. The molecule has 4 atom stereocenters. The van der Waals surface area contributed by atoms with Gasteiger partial charge in [0, 0.05) is 6.61 Å². The lowest BCUT2D eigenvalue weighted by molar-refractivity contribution is 0.124. The Kier molecular flexibility index (Phi) is 6.50. The first-order chi connectivity index (χ1) is 8.06. The summed E-state index contributed by atoms with van der Waals surface area (Å²) in [6.45, 7) is 6.95. The summed E-state index contributed by atoms with van der Waals surface area (Å²) in [6, 6.07) is 0. The van der Waals surface area contributed by atoms with E-state index >= 15 is 0 Å². The molecule has 17 heavy (non-hydrogen) atoms. The number of hydrogen-bond donors (Lipinski definition) is 2. The second-order valence-corrected chi connectivity index (χ2v) is 6.31. The molecule has 1 fully saturated rings. The lowest BCUT2D eigenvalue weighted by atomic mass is 9.94. The first kappa shape index (κ1) is 15.0. The van der Waals surface area contributed by atoms with E-state index in [1.54, 1.807) is 0 Å². The van der Waals surface area contributed by atoms with E-state index in [9.17, 15) is 10.2 Å². The number of rotatable bonds is 7. The second-order valence-electron chi connectivity index (χ2n) is 6.31. The molecular weight excluding hydrogens is 212 g/mol. The van der Waals surface area contributed by atoms with Crippen LogP contribution in [-0.2, 0) is 0 Å². The minimum atomic E-state index is -0.127. The fourth-order valence-corrected chi connectivity index (χ4v) is 3.28. The van der Waals surface area contributed by atoms with Crippen molar-refractivity contribution in [1.29, 1.82) is 0 Å². The zero-order chi connectivity index (χ0) is 12.8. The molecule has 0 heterocycles. The second kappa shape index (κ2) is 7.38. The van der Waals surface area contributed by atoms with Gasteiger partial charge in [0.1, 0.15) is 0 Å². The summed E-state index contributed by atoms with van der Waals surface area (Å²) in [4.78, 5) is 0. The molecule has 0 saturated heterocycles. The van der Waals surface area contributed by atoms with Gasteiger partial charge in [0.15, 0.2) is 0 Å². The van der Waals surface area contributed by atoms with E-state index in [0.717, 1.165) is 25.7 Å². The van der Waals surface area contributed by atoms with Gasteiger partial charge in [-0.1, -0.05) is 27.2 Å². The van der Waals surface area contributed by atoms with Gasteiger partial charge in [0.25, 0.3) is 0 Å². The molecule has 3 unspecified atom stereocenters. The first-order valence-corrected chi connectivity index (χ1v) is 7.35. The summed E-state index contributed by atoms with van der Waals surface area (Å²) in [7, 11) is 0. The zero-order valence-electron chi connectivity index (χ0n) is 11.7. The van der Waals surface area contributed by atoms with Gasteiger partial charge >= 0.3 is 0 Å². The maximum absolute atomic E-state index is 10.0. The van der Waals surface area contributed by atoms with E-state index < -0.39 is 0 Å². The highest BCUT2D eigenvalue weighted by Gasteiger charge is 2.33. The van der Waals surface area contributed by atoms with Crippen LogP contribution in [0.15, 0.2) is 0 Å². The van der Waals surface area contributed by atoms with Crippen molar-refractivity contribution < 1.29 is 10.2 Å². The maximum Gasteiger partial charge on any atom is 0.0543 e. The molecule has 0 radical (unpaired) electrons. The van der Waals surface area contributed by atoms with Crippen molar-refractivity contribution in [3.63, 3.8) is 0 Å². The first-order valence-electron chi connectivity index (χ1n) is 7.35. The minimum absolute atomic E-state index is 0.127. The topological polar surface area (TPSA) is 40.5 Å². The number of hydrogen-bond acceptors (Lipinski definition) is 2. The van der Waals surface area contributed by atoms with Crippen LogP contribution in [0, 0.1) is 23.7 Å². The molecule has 1 aliphatic rings. The van der Waals surface area contributed by atoms with E-state index in [1.165, 1.54) is 12.8 Å². The normalized spacial score (nSPS) is 31.1. The Bertz CT molecular complexity index is 191. The largest absolute Gasteiger partial charge is 0.396 e. The van der Waals surface area contributed by atoms with Gasteiger partial charge in [-0.05, 0) is 55.8 Å². The van der Waals surface area contributed by atoms with Crippen LogP contribution in [0.1, 0.15) is 59.3 Å². The molecule has 2 heteroatoms. The fraction of sp³-hybridized carbons (Fsp3) is 1.00. The predicted octanol–water partition coefficient (Wildman–Crippen LogP) is 3.22. The number of aliphatic hydroxyl groups is 2. The zero-order valence-corrected chi connectivity index (χ0v) is 11.7. The summed E-state index contributed by atoms with van der Waals surface area (Å²) in [5.74, 6) is 2.49. The lowest BCUT2D eigenvalue weighted by Gasteiger charge is -2.16. The minimum Gasteiger partial charge on any atom is -0.396 e. The Balaban J connectivity index is 2.28. The van der Waals surface area contributed by atoms with E-state index in [-0.39, 0.29) is 6.10 Å². The third-order valence-corrected chi connectivity index (χ3v) is 4.38. The SMILES string of the molecule is CC[C@H]1CC(CC(O)CCC(C)C)CC1CO. The van der Waals surface area contributed by atoms with Crippen molar-refractivity contribution in [2.75, 3.05) is 6.61 Å². The highest BCUT2D eigenvalue weighted by molar-refractivity contribution is 4.83. The van der Waals surface area contributed by atoms with Crippen LogP contribution in [0.4, 0.5) is 0 Å². The van der Waals surface area contributed by atoms with Crippen LogP contribution in [0.3, 0.4) is 0 Å². The predicted molar refractivity (Wildman–Crippen MR) is 71.8 cm³/mol. The van der Waals surface area contributed by atoms with E-state index in [2.05, 4.69) is 20.8 Å². The van der Waals surface area contributed by atoms with Gasteiger partial charge in [0.05, 0.1) is 6.10 Å². The molecule has 0 aromatic heterocycles. The molecule has 0 aromatic rings. The van der Waals surface area contributed by atoms with Crippen LogP contribution in [0.25, 0.3) is 0 Å². The molecule has 0 bridgehead atoms. The Hall–Kier alpha value is -0.0800. The van der Waals surface area contributed by atoms with Gasteiger partial charge in [-0.2, -0.15) is 0 Å². The highest BCUT2D eigenvalue weighted by atomic mass is 16.3. The van der Waals surface area contributed by atoms with Crippen LogP contribution < -0.4 is 0 Å². The molecular formula is C15H30O2. The fourth-order valence-electron chi connectivity index (χ4n) is 3.28. The van der Waals surface area contributed by atoms with Crippen molar-refractivity contribution in [3.8, 4) is 0 Å². The van der Waals surface area contributed by atoms with Crippen LogP contribution in [-0.4, -0.2) is 22.9 Å².